The predicted molar refractivity (Wildman–Crippen MR) is 124 cm³/mol. The van der Waals surface area contributed by atoms with Crippen LogP contribution in [0.3, 0.4) is 0 Å². The first kappa shape index (κ1) is 20.9. The van der Waals surface area contributed by atoms with Gasteiger partial charge in [0.25, 0.3) is 5.91 Å². The highest BCUT2D eigenvalue weighted by atomic mass is 19.1. The molecule has 0 spiro atoms. The molecule has 0 aliphatic rings. The van der Waals surface area contributed by atoms with Crippen LogP contribution in [0.4, 0.5) is 21.6 Å². The summed E-state index contributed by atoms with van der Waals surface area (Å²) in [5.41, 5.74) is 3.30. The van der Waals surface area contributed by atoms with Crippen LogP contribution in [0.5, 0.6) is 11.6 Å². The van der Waals surface area contributed by atoms with Crippen LogP contribution in [0.15, 0.2) is 73.9 Å². The number of halogens is 1. The summed E-state index contributed by atoms with van der Waals surface area (Å²) in [5, 5.41) is 14.2. The minimum atomic E-state index is -1.07. The molecule has 0 bridgehead atoms. The normalized spacial score (nSPS) is 10.9. The fourth-order valence-electron chi connectivity index (χ4n) is 3.29. The topological polar surface area (TPSA) is 119 Å². The first-order chi connectivity index (χ1) is 16.5. The molecule has 5 rings (SSSR count). The Morgan fingerprint density at radius 3 is 2.74 bits per heavy atom. The second-order valence-electron chi connectivity index (χ2n) is 7.34. The molecule has 0 unspecified atom stereocenters. The van der Waals surface area contributed by atoms with Gasteiger partial charge in [0.05, 0.1) is 5.52 Å². The van der Waals surface area contributed by atoms with Gasteiger partial charge < -0.3 is 15.4 Å². The number of nitrogens with zero attached hydrogens (tertiary/aromatic N) is 6. The fraction of sp³-hybridized carbons (Fsp3) is 0.0435. The van der Waals surface area contributed by atoms with E-state index in [1.807, 2.05) is 25.1 Å². The van der Waals surface area contributed by atoms with Crippen molar-refractivity contribution < 1.29 is 13.9 Å². The number of rotatable bonds is 6. The summed E-state index contributed by atoms with van der Waals surface area (Å²) in [6.07, 6.45) is 4.57. The minimum Gasteiger partial charge on any atom is -0.439 e. The molecule has 0 aliphatic carbocycles. The number of ether oxygens (including phenoxy) is 1. The highest BCUT2D eigenvalue weighted by molar-refractivity contribution is 6.03. The highest BCUT2D eigenvalue weighted by Gasteiger charge is 2.11. The van der Waals surface area contributed by atoms with E-state index in [0.717, 1.165) is 11.3 Å². The van der Waals surface area contributed by atoms with Crippen LogP contribution in [0.1, 0.15) is 5.56 Å². The lowest BCUT2D eigenvalue weighted by atomic mass is 10.1. The van der Waals surface area contributed by atoms with Crippen LogP contribution in [0, 0.1) is 6.92 Å². The van der Waals surface area contributed by atoms with E-state index >= 15 is 0 Å². The Morgan fingerprint density at radius 2 is 1.91 bits per heavy atom. The van der Waals surface area contributed by atoms with Crippen molar-refractivity contribution in [3.8, 4) is 11.6 Å². The molecular formula is C23H17FN8O2. The van der Waals surface area contributed by atoms with E-state index < -0.39 is 11.7 Å². The van der Waals surface area contributed by atoms with Crippen molar-refractivity contribution in [2.75, 3.05) is 10.6 Å². The number of fused-ring (bicyclic) bond motifs is 2. The van der Waals surface area contributed by atoms with Crippen molar-refractivity contribution in [3.05, 3.63) is 79.4 Å². The summed E-state index contributed by atoms with van der Waals surface area (Å²) in [7, 11) is 0. The minimum absolute atomic E-state index is 0.395. The standard InChI is InChI=1S/C23H17FN8O2/c1-13-7-15(4-6-19(13)34-21-9-20-31-28-12-32(20)11-27-21)29-22-17-8-16(30-23(33)14(2)24)3-5-18(17)25-10-26-22/h3-12H,2H2,1H3,(H,30,33)(H,25,26,29). The van der Waals surface area contributed by atoms with E-state index in [-0.39, 0.29) is 0 Å². The van der Waals surface area contributed by atoms with E-state index in [4.69, 9.17) is 4.74 Å². The Bertz CT molecular complexity index is 1570. The summed E-state index contributed by atoms with van der Waals surface area (Å²) in [4.78, 5) is 24.4. The van der Waals surface area contributed by atoms with Crippen LogP contribution in [0.2, 0.25) is 0 Å². The third-order valence-corrected chi connectivity index (χ3v) is 4.95. The number of hydrogen-bond acceptors (Lipinski definition) is 8. The molecule has 2 N–H and O–H groups in total. The number of aryl methyl sites for hydroxylation is 1. The molecule has 34 heavy (non-hydrogen) atoms. The molecule has 3 aromatic heterocycles. The molecule has 0 saturated carbocycles. The molecule has 10 nitrogen and oxygen atoms in total. The van der Waals surface area contributed by atoms with Crippen molar-refractivity contribution in [1.29, 1.82) is 0 Å². The van der Waals surface area contributed by atoms with Crippen molar-refractivity contribution in [3.63, 3.8) is 0 Å². The Hall–Kier alpha value is -4.93. The first-order valence-electron chi connectivity index (χ1n) is 10.1. The molecule has 0 atom stereocenters. The molecule has 168 valence electrons. The number of hydrogen-bond donors (Lipinski definition) is 2. The van der Waals surface area contributed by atoms with Crippen LogP contribution in [-0.4, -0.2) is 35.5 Å². The number of benzene rings is 2. The smallest absolute Gasteiger partial charge is 0.283 e. The Balaban J connectivity index is 1.39. The van der Waals surface area contributed by atoms with E-state index in [1.165, 1.54) is 6.33 Å². The summed E-state index contributed by atoms with van der Waals surface area (Å²) in [5.74, 6) is -0.429. The van der Waals surface area contributed by atoms with Crippen molar-refractivity contribution in [1.82, 2.24) is 29.5 Å². The highest BCUT2D eigenvalue weighted by Crippen LogP contribution is 2.30. The maximum atomic E-state index is 13.1. The van der Waals surface area contributed by atoms with Gasteiger partial charge in [-0.1, -0.05) is 6.58 Å². The number of aromatic nitrogens is 6. The monoisotopic (exact) mass is 456 g/mol. The average Bonchev–Trinajstić information content (AvgIpc) is 3.29. The molecule has 0 saturated heterocycles. The van der Waals surface area contributed by atoms with Crippen LogP contribution in [-0.2, 0) is 4.79 Å². The van der Waals surface area contributed by atoms with Gasteiger partial charge >= 0.3 is 0 Å². The molecule has 0 radical (unpaired) electrons. The van der Waals surface area contributed by atoms with Crippen LogP contribution < -0.4 is 15.4 Å². The van der Waals surface area contributed by atoms with Crippen molar-refractivity contribution in [2.45, 2.75) is 6.92 Å². The molecule has 0 aliphatic heterocycles. The van der Waals surface area contributed by atoms with E-state index in [1.54, 1.807) is 41.3 Å². The fourth-order valence-corrected chi connectivity index (χ4v) is 3.29. The molecule has 1 amide bonds. The van der Waals surface area contributed by atoms with Gasteiger partial charge in [0.15, 0.2) is 11.5 Å². The maximum absolute atomic E-state index is 13.1. The van der Waals surface area contributed by atoms with Gasteiger partial charge in [-0.3, -0.25) is 9.20 Å². The largest absolute Gasteiger partial charge is 0.439 e. The SMILES string of the molecule is C=C(F)C(=O)Nc1ccc2ncnc(Nc3ccc(Oc4cc5nncn5cn4)c(C)c3)c2c1. The lowest BCUT2D eigenvalue weighted by Crippen LogP contribution is -2.11. The van der Waals surface area contributed by atoms with E-state index in [2.05, 4.69) is 42.4 Å². The van der Waals surface area contributed by atoms with Gasteiger partial charge in [0.2, 0.25) is 5.88 Å². The summed E-state index contributed by atoms with van der Waals surface area (Å²) >= 11 is 0. The van der Waals surface area contributed by atoms with E-state index in [0.29, 0.717) is 39.7 Å². The first-order valence-corrected chi connectivity index (χ1v) is 10.1. The third kappa shape index (κ3) is 4.21. The van der Waals surface area contributed by atoms with Gasteiger partial charge in [0.1, 0.15) is 30.5 Å². The number of carbonyl (C=O) groups excluding carboxylic acids is 1. The molecule has 3 heterocycles. The molecule has 2 aromatic carbocycles. The molecule has 11 heteroatoms. The lowest BCUT2D eigenvalue weighted by Gasteiger charge is -2.13. The van der Waals surface area contributed by atoms with Gasteiger partial charge in [-0.25, -0.2) is 19.3 Å². The number of carbonyl (C=O) groups is 1. The molecular weight excluding hydrogens is 439 g/mol. The quantitative estimate of drug-likeness (QED) is 0.362. The van der Waals surface area contributed by atoms with Gasteiger partial charge in [-0.05, 0) is 48.9 Å². The second-order valence-corrected chi connectivity index (χ2v) is 7.34. The Kier molecular flexibility index (Phi) is 5.26. The van der Waals surface area contributed by atoms with Gasteiger partial charge in [0, 0.05) is 22.8 Å². The van der Waals surface area contributed by atoms with Crippen molar-refractivity contribution >= 4 is 39.6 Å². The number of anilines is 3. The zero-order valence-electron chi connectivity index (χ0n) is 17.9. The molecule has 5 aromatic rings. The zero-order valence-corrected chi connectivity index (χ0v) is 17.9. The second kappa shape index (κ2) is 8.54. The number of amides is 1. The zero-order chi connectivity index (χ0) is 23.7. The maximum Gasteiger partial charge on any atom is 0.283 e. The van der Waals surface area contributed by atoms with Gasteiger partial charge in [-0.2, -0.15) is 0 Å². The number of nitrogens with one attached hydrogen (secondary N) is 2. The Labute approximate surface area is 192 Å². The summed E-state index contributed by atoms with van der Waals surface area (Å²) in [6, 6.07) is 12.2. The van der Waals surface area contributed by atoms with Crippen LogP contribution in [0.25, 0.3) is 16.6 Å². The van der Waals surface area contributed by atoms with Gasteiger partial charge in [-0.15, -0.1) is 10.2 Å². The summed E-state index contributed by atoms with van der Waals surface area (Å²) in [6.45, 7) is 4.91. The average molecular weight is 456 g/mol. The predicted octanol–water partition coefficient (Wildman–Crippen LogP) is 4.33. The van der Waals surface area contributed by atoms with Crippen molar-refractivity contribution in [2.24, 2.45) is 0 Å². The third-order valence-electron chi connectivity index (χ3n) is 4.95. The molecule has 0 fully saturated rings. The Morgan fingerprint density at radius 1 is 1.06 bits per heavy atom. The lowest BCUT2D eigenvalue weighted by molar-refractivity contribution is -0.114. The van der Waals surface area contributed by atoms with E-state index in [9.17, 15) is 9.18 Å². The van der Waals surface area contributed by atoms with Crippen LogP contribution >= 0.6 is 0 Å². The summed E-state index contributed by atoms with van der Waals surface area (Å²) < 4.78 is 20.7.